The molecular formula is C13H23NO3. The van der Waals surface area contributed by atoms with E-state index in [4.69, 9.17) is 5.11 Å². The summed E-state index contributed by atoms with van der Waals surface area (Å²) in [6, 6.07) is 0. The van der Waals surface area contributed by atoms with Gasteiger partial charge in [-0.25, -0.2) is 0 Å². The van der Waals surface area contributed by atoms with E-state index in [2.05, 4.69) is 26.1 Å². The summed E-state index contributed by atoms with van der Waals surface area (Å²) >= 11 is 0. The second-order valence-electron chi connectivity index (χ2n) is 6.31. The van der Waals surface area contributed by atoms with Gasteiger partial charge in [0.1, 0.15) is 0 Å². The van der Waals surface area contributed by atoms with Gasteiger partial charge >= 0.3 is 5.97 Å². The molecule has 4 heteroatoms. The van der Waals surface area contributed by atoms with Crippen molar-refractivity contribution in [3.05, 3.63) is 0 Å². The Bertz CT molecular complexity index is 300. The molecule has 1 rings (SSSR count). The Labute approximate surface area is 103 Å². The number of nitrogens with one attached hydrogen (secondary N) is 1. The van der Waals surface area contributed by atoms with Crippen molar-refractivity contribution >= 4 is 11.9 Å². The van der Waals surface area contributed by atoms with Crippen LogP contribution in [-0.4, -0.2) is 22.5 Å². The van der Waals surface area contributed by atoms with E-state index >= 15 is 0 Å². The molecule has 0 aromatic heterocycles. The molecule has 1 fully saturated rings. The maximum Gasteiger partial charge on any atom is 0.305 e. The molecule has 1 aliphatic rings. The third kappa shape index (κ3) is 4.75. The molecule has 4 nitrogen and oxygen atoms in total. The summed E-state index contributed by atoms with van der Waals surface area (Å²) in [5.74, 6) is -0.846. The van der Waals surface area contributed by atoms with Crippen LogP contribution in [0.25, 0.3) is 0 Å². The van der Waals surface area contributed by atoms with E-state index in [9.17, 15) is 9.59 Å². The van der Waals surface area contributed by atoms with E-state index in [1.54, 1.807) is 0 Å². The summed E-state index contributed by atoms with van der Waals surface area (Å²) in [4.78, 5) is 22.5. The molecule has 0 saturated heterocycles. The van der Waals surface area contributed by atoms with Crippen LogP contribution in [0.4, 0.5) is 0 Å². The van der Waals surface area contributed by atoms with E-state index < -0.39 is 11.5 Å². The average molecular weight is 241 g/mol. The van der Waals surface area contributed by atoms with Crippen molar-refractivity contribution in [2.24, 2.45) is 5.41 Å². The maximum absolute atomic E-state index is 11.8. The van der Waals surface area contributed by atoms with Crippen LogP contribution in [-0.2, 0) is 9.59 Å². The molecule has 1 aliphatic carbocycles. The van der Waals surface area contributed by atoms with Gasteiger partial charge in [0.05, 0.1) is 12.0 Å². The molecule has 0 atom stereocenters. The summed E-state index contributed by atoms with van der Waals surface area (Å²) in [6.07, 6.45) is 3.94. The molecule has 0 spiro atoms. The van der Waals surface area contributed by atoms with Crippen molar-refractivity contribution in [3.63, 3.8) is 0 Å². The molecular weight excluding hydrogens is 218 g/mol. The molecule has 0 aromatic rings. The Balaban J connectivity index is 2.41. The van der Waals surface area contributed by atoms with E-state index in [1.165, 1.54) is 0 Å². The molecule has 98 valence electrons. The summed E-state index contributed by atoms with van der Waals surface area (Å²) in [5.41, 5.74) is -0.322. The van der Waals surface area contributed by atoms with E-state index in [1.807, 2.05) is 0 Å². The van der Waals surface area contributed by atoms with Crippen molar-refractivity contribution in [2.75, 3.05) is 0 Å². The van der Waals surface area contributed by atoms with Crippen LogP contribution in [0.5, 0.6) is 0 Å². The van der Waals surface area contributed by atoms with E-state index in [0.717, 1.165) is 25.7 Å². The van der Waals surface area contributed by atoms with Crippen LogP contribution in [0.1, 0.15) is 59.3 Å². The lowest BCUT2D eigenvalue weighted by Crippen LogP contribution is -2.54. The lowest BCUT2D eigenvalue weighted by atomic mass is 9.74. The molecule has 17 heavy (non-hydrogen) atoms. The lowest BCUT2D eigenvalue weighted by Gasteiger charge is -2.41. The van der Waals surface area contributed by atoms with Gasteiger partial charge in [-0.1, -0.05) is 20.8 Å². The summed E-state index contributed by atoms with van der Waals surface area (Å²) in [7, 11) is 0. The predicted molar refractivity (Wildman–Crippen MR) is 65.7 cm³/mol. The summed E-state index contributed by atoms with van der Waals surface area (Å²) < 4.78 is 0. The van der Waals surface area contributed by atoms with E-state index in [-0.39, 0.29) is 17.7 Å². The number of rotatable bonds is 5. The zero-order chi connectivity index (χ0) is 13.1. The molecule has 0 aliphatic heterocycles. The zero-order valence-electron chi connectivity index (χ0n) is 11.0. The third-order valence-corrected chi connectivity index (χ3v) is 3.31. The van der Waals surface area contributed by atoms with Crippen LogP contribution in [0.15, 0.2) is 0 Å². The standard InChI is InChI=1S/C13H23NO3/c1-12(2,3)8-5-10(15)14-13(6-4-7-13)9-11(16)17/h4-9H2,1-3H3,(H,14,15)(H,16,17). The minimum absolute atomic E-state index is 0.0131. The van der Waals surface area contributed by atoms with Gasteiger partial charge in [0.25, 0.3) is 0 Å². The smallest absolute Gasteiger partial charge is 0.305 e. The highest BCUT2D eigenvalue weighted by atomic mass is 16.4. The van der Waals surface area contributed by atoms with Gasteiger partial charge in [0.15, 0.2) is 0 Å². The summed E-state index contributed by atoms with van der Waals surface area (Å²) in [6.45, 7) is 6.28. The number of aliphatic carboxylic acids is 1. The van der Waals surface area contributed by atoms with Crippen LogP contribution >= 0.6 is 0 Å². The molecule has 0 bridgehead atoms. The highest BCUT2D eigenvalue weighted by Gasteiger charge is 2.40. The Hall–Kier alpha value is -1.06. The second kappa shape index (κ2) is 5.07. The van der Waals surface area contributed by atoms with Crippen LogP contribution in [0.2, 0.25) is 0 Å². The SMILES string of the molecule is CC(C)(C)CCC(=O)NC1(CC(=O)O)CCC1. The Kier molecular flexibility index (Phi) is 4.17. The van der Waals surface area contributed by atoms with Crippen molar-refractivity contribution in [1.82, 2.24) is 5.32 Å². The zero-order valence-corrected chi connectivity index (χ0v) is 11.0. The first-order valence-corrected chi connectivity index (χ1v) is 6.25. The van der Waals surface area contributed by atoms with Crippen molar-refractivity contribution < 1.29 is 14.7 Å². The first kappa shape index (κ1) is 14.0. The summed E-state index contributed by atoms with van der Waals surface area (Å²) in [5, 5.41) is 11.7. The fraction of sp³-hybridized carbons (Fsp3) is 0.846. The van der Waals surface area contributed by atoms with Gasteiger partial charge in [-0.2, -0.15) is 0 Å². The first-order valence-electron chi connectivity index (χ1n) is 6.25. The number of hydrogen-bond acceptors (Lipinski definition) is 2. The maximum atomic E-state index is 11.8. The number of carboxylic acid groups (broad SMARTS) is 1. The lowest BCUT2D eigenvalue weighted by molar-refractivity contribution is -0.140. The van der Waals surface area contributed by atoms with Crippen LogP contribution in [0, 0.1) is 5.41 Å². The average Bonchev–Trinajstić information content (AvgIpc) is 2.09. The fourth-order valence-electron chi connectivity index (χ4n) is 2.09. The topological polar surface area (TPSA) is 66.4 Å². The van der Waals surface area contributed by atoms with Crippen LogP contribution < -0.4 is 5.32 Å². The minimum Gasteiger partial charge on any atom is -0.481 e. The number of hydrogen-bond donors (Lipinski definition) is 2. The number of carbonyl (C=O) groups excluding carboxylic acids is 1. The highest BCUT2D eigenvalue weighted by molar-refractivity contribution is 5.78. The van der Waals surface area contributed by atoms with Gasteiger partial charge in [-0.05, 0) is 31.1 Å². The molecule has 0 radical (unpaired) electrons. The highest BCUT2D eigenvalue weighted by Crippen LogP contribution is 2.35. The van der Waals surface area contributed by atoms with Crippen molar-refractivity contribution in [1.29, 1.82) is 0 Å². The van der Waals surface area contributed by atoms with Gasteiger partial charge in [-0.15, -0.1) is 0 Å². The number of carboxylic acids is 1. The fourth-order valence-corrected chi connectivity index (χ4v) is 2.09. The second-order valence-corrected chi connectivity index (χ2v) is 6.31. The number of carbonyl (C=O) groups is 2. The van der Waals surface area contributed by atoms with Gasteiger partial charge in [0.2, 0.25) is 5.91 Å². The molecule has 2 N–H and O–H groups in total. The minimum atomic E-state index is -0.833. The molecule has 0 heterocycles. The molecule has 0 aromatic carbocycles. The van der Waals surface area contributed by atoms with Crippen molar-refractivity contribution in [3.8, 4) is 0 Å². The van der Waals surface area contributed by atoms with E-state index in [0.29, 0.717) is 6.42 Å². The Morgan fingerprint density at radius 1 is 1.29 bits per heavy atom. The van der Waals surface area contributed by atoms with Crippen LogP contribution in [0.3, 0.4) is 0 Å². The first-order chi connectivity index (χ1) is 7.72. The molecule has 1 amide bonds. The molecule has 0 unspecified atom stereocenters. The van der Waals surface area contributed by atoms with Gasteiger partial charge in [-0.3, -0.25) is 9.59 Å². The Morgan fingerprint density at radius 2 is 1.88 bits per heavy atom. The van der Waals surface area contributed by atoms with Gasteiger partial charge in [0, 0.05) is 6.42 Å². The molecule has 1 saturated carbocycles. The normalized spacial score (nSPS) is 18.3. The van der Waals surface area contributed by atoms with Gasteiger partial charge < -0.3 is 10.4 Å². The Morgan fingerprint density at radius 3 is 2.24 bits per heavy atom. The van der Waals surface area contributed by atoms with Crippen molar-refractivity contribution in [2.45, 2.75) is 64.8 Å². The predicted octanol–water partition coefficient (Wildman–Crippen LogP) is 2.33. The number of amides is 1. The largest absolute Gasteiger partial charge is 0.481 e. The quantitative estimate of drug-likeness (QED) is 0.776. The monoisotopic (exact) mass is 241 g/mol. The third-order valence-electron chi connectivity index (χ3n) is 3.31.